The third kappa shape index (κ3) is 3.84. The Labute approximate surface area is 164 Å². The molecule has 0 radical (unpaired) electrons. The summed E-state index contributed by atoms with van der Waals surface area (Å²) in [5.74, 6) is -0.784. The van der Waals surface area contributed by atoms with E-state index in [2.05, 4.69) is 52.4 Å². The summed E-state index contributed by atoms with van der Waals surface area (Å²) < 4.78 is 4.03. The molecule has 3 aromatic rings. The number of hydrogen-bond acceptors (Lipinski definition) is 4. The molecule has 146 valence electrons. The number of aromatic nitrogens is 4. The van der Waals surface area contributed by atoms with Crippen molar-refractivity contribution in [1.29, 1.82) is 0 Å². The lowest BCUT2D eigenvalue weighted by molar-refractivity contribution is -0.136. The zero-order valence-corrected chi connectivity index (χ0v) is 16.3. The fraction of sp³-hybridized carbons (Fsp3) is 0.381. The second kappa shape index (κ2) is 7.59. The van der Waals surface area contributed by atoms with Gasteiger partial charge < -0.3 is 5.11 Å². The van der Waals surface area contributed by atoms with Gasteiger partial charge in [-0.2, -0.15) is 10.2 Å². The van der Waals surface area contributed by atoms with E-state index in [4.69, 9.17) is 5.11 Å². The molecular formula is C21H25N5O2. The Bertz CT molecular complexity index is 1000. The number of carbonyl (C=O) groups is 1. The summed E-state index contributed by atoms with van der Waals surface area (Å²) >= 11 is 0. The summed E-state index contributed by atoms with van der Waals surface area (Å²) in [5.41, 5.74) is 6.52. The molecule has 7 heteroatoms. The van der Waals surface area contributed by atoms with Gasteiger partial charge in [0.2, 0.25) is 0 Å². The quantitative estimate of drug-likeness (QED) is 0.713. The maximum atomic E-state index is 10.8. The van der Waals surface area contributed by atoms with Crippen molar-refractivity contribution in [3.63, 3.8) is 0 Å². The van der Waals surface area contributed by atoms with Gasteiger partial charge in [-0.15, -0.1) is 0 Å². The van der Waals surface area contributed by atoms with Crippen molar-refractivity contribution in [2.24, 2.45) is 0 Å². The van der Waals surface area contributed by atoms with Crippen LogP contribution in [0.3, 0.4) is 0 Å². The van der Waals surface area contributed by atoms with Crippen LogP contribution >= 0.6 is 0 Å². The molecule has 0 unspecified atom stereocenters. The second-order valence-electron chi connectivity index (χ2n) is 7.42. The fourth-order valence-corrected chi connectivity index (χ4v) is 3.84. The van der Waals surface area contributed by atoms with Crippen molar-refractivity contribution in [1.82, 2.24) is 24.5 Å². The Morgan fingerprint density at radius 3 is 2.71 bits per heavy atom. The molecule has 0 spiro atoms. The lowest BCUT2D eigenvalue weighted by Gasteiger charge is -2.28. The molecule has 28 heavy (non-hydrogen) atoms. The molecular weight excluding hydrogens is 354 g/mol. The van der Waals surface area contributed by atoms with E-state index in [0.29, 0.717) is 6.42 Å². The predicted molar refractivity (Wildman–Crippen MR) is 105 cm³/mol. The molecule has 1 aliphatic rings. The largest absolute Gasteiger partial charge is 0.481 e. The van der Waals surface area contributed by atoms with E-state index in [1.54, 1.807) is 0 Å². The number of fused-ring (bicyclic) bond motifs is 1. The van der Waals surface area contributed by atoms with Gasteiger partial charge >= 0.3 is 5.97 Å². The monoisotopic (exact) mass is 379 g/mol. The lowest BCUT2D eigenvalue weighted by Crippen LogP contribution is -2.33. The minimum atomic E-state index is -0.784. The van der Waals surface area contributed by atoms with Crippen LogP contribution in [0.25, 0.3) is 5.69 Å². The van der Waals surface area contributed by atoms with Gasteiger partial charge in [0.05, 0.1) is 35.7 Å². The molecule has 0 aliphatic carbocycles. The van der Waals surface area contributed by atoms with Crippen LogP contribution in [0.15, 0.2) is 36.4 Å². The van der Waals surface area contributed by atoms with Crippen LogP contribution in [0.1, 0.15) is 34.8 Å². The lowest BCUT2D eigenvalue weighted by atomic mass is 10.1. The molecule has 3 heterocycles. The molecule has 0 saturated heterocycles. The third-order valence-corrected chi connectivity index (χ3v) is 5.15. The highest BCUT2D eigenvalue weighted by Gasteiger charge is 2.20. The van der Waals surface area contributed by atoms with Gasteiger partial charge in [-0.3, -0.25) is 14.4 Å². The highest BCUT2D eigenvalue weighted by molar-refractivity contribution is 5.66. The summed E-state index contributed by atoms with van der Waals surface area (Å²) in [5, 5.41) is 18.1. The molecule has 1 aliphatic heterocycles. The highest BCUT2D eigenvalue weighted by Crippen LogP contribution is 2.22. The second-order valence-corrected chi connectivity index (χ2v) is 7.42. The zero-order valence-electron chi connectivity index (χ0n) is 16.3. The van der Waals surface area contributed by atoms with Gasteiger partial charge in [0.25, 0.3) is 0 Å². The summed E-state index contributed by atoms with van der Waals surface area (Å²) in [7, 11) is 0. The van der Waals surface area contributed by atoms with E-state index in [-0.39, 0.29) is 6.42 Å². The molecule has 1 aromatic carbocycles. The van der Waals surface area contributed by atoms with Crippen molar-refractivity contribution >= 4 is 5.97 Å². The van der Waals surface area contributed by atoms with E-state index in [9.17, 15) is 4.79 Å². The summed E-state index contributed by atoms with van der Waals surface area (Å²) in [6.07, 6.45) is 0.603. The van der Waals surface area contributed by atoms with Crippen LogP contribution in [0, 0.1) is 13.8 Å². The summed E-state index contributed by atoms with van der Waals surface area (Å²) in [4.78, 5) is 13.2. The van der Waals surface area contributed by atoms with Crippen molar-refractivity contribution < 1.29 is 9.90 Å². The zero-order chi connectivity index (χ0) is 19.7. The van der Waals surface area contributed by atoms with Crippen LogP contribution in [0.2, 0.25) is 0 Å². The van der Waals surface area contributed by atoms with E-state index in [1.807, 2.05) is 22.4 Å². The predicted octanol–water partition coefficient (Wildman–Crippen LogP) is 2.72. The van der Waals surface area contributed by atoms with Gasteiger partial charge in [0.15, 0.2) is 0 Å². The molecule has 4 rings (SSSR count). The standard InChI is InChI=1S/C21H25N5O2/c1-15-11-16(2)26(22-15)20-6-4-3-5-17(20)13-24-9-10-25-19(14-24)12-18(23-25)7-8-21(27)28/h3-6,11-12H,7-10,13-14H2,1-2H3,(H,27,28). The number of carboxylic acid groups (broad SMARTS) is 1. The molecule has 0 bridgehead atoms. The van der Waals surface area contributed by atoms with Crippen LogP contribution in [0.5, 0.6) is 0 Å². The van der Waals surface area contributed by atoms with Crippen molar-refractivity contribution in [3.05, 3.63) is 64.7 Å². The maximum absolute atomic E-state index is 10.8. The van der Waals surface area contributed by atoms with E-state index in [0.717, 1.165) is 54.6 Å². The SMILES string of the molecule is Cc1cc(C)n(-c2ccccc2CN2CCn3nc(CCC(=O)O)cc3C2)n1. The first-order chi connectivity index (χ1) is 13.5. The number of carboxylic acids is 1. The molecule has 0 atom stereocenters. The van der Waals surface area contributed by atoms with Crippen LogP contribution in [-0.4, -0.2) is 42.1 Å². The van der Waals surface area contributed by atoms with Crippen molar-refractivity contribution in [2.75, 3.05) is 6.54 Å². The van der Waals surface area contributed by atoms with Crippen LogP contribution in [-0.2, 0) is 30.8 Å². The van der Waals surface area contributed by atoms with Gasteiger partial charge in [-0.05, 0) is 37.6 Å². The molecule has 1 N–H and O–H groups in total. The highest BCUT2D eigenvalue weighted by atomic mass is 16.4. The third-order valence-electron chi connectivity index (χ3n) is 5.15. The Morgan fingerprint density at radius 1 is 1.14 bits per heavy atom. The average Bonchev–Trinajstić information content (AvgIpc) is 3.22. The van der Waals surface area contributed by atoms with E-state index in [1.165, 1.54) is 5.56 Å². The smallest absolute Gasteiger partial charge is 0.303 e. The Kier molecular flexibility index (Phi) is 5.00. The summed E-state index contributed by atoms with van der Waals surface area (Å²) in [6.45, 7) is 7.48. The minimum Gasteiger partial charge on any atom is -0.481 e. The Hall–Kier alpha value is -2.93. The maximum Gasteiger partial charge on any atom is 0.303 e. The van der Waals surface area contributed by atoms with E-state index >= 15 is 0 Å². The molecule has 2 aromatic heterocycles. The number of rotatable bonds is 6. The topological polar surface area (TPSA) is 76.2 Å². The Balaban J connectivity index is 1.51. The van der Waals surface area contributed by atoms with Gasteiger partial charge in [0.1, 0.15) is 0 Å². The van der Waals surface area contributed by atoms with E-state index < -0.39 is 5.97 Å². The van der Waals surface area contributed by atoms with Gasteiger partial charge in [-0.25, -0.2) is 4.68 Å². The molecule has 7 nitrogen and oxygen atoms in total. The number of nitrogens with zero attached hydrogens (tertiary/aromatic N) is 5. The molecule has 0 fully saturated rings. The van der Waals surface area contributed by atoms with Crippen LogP contribution < -0.4 is 0 Å². The molecule has 0 saturated carbocycles. The minimum absolute atomic E-state index is 0.121. The fourth-order valence-electron chi connectivity index (χ4n) is 3.84. The Morgan fingerprint density at radius 2 is 1.96 bits per heavy atom. The summed E-state index contributed by atoms with van der Waals surface area (Å²) in [6, 6.07) is 12.5. The van der Waals surface area contributed by atoms with Gasteiger partial charge in [0, 0.05) is 31.7 Å². The molecule has 0 amide bonds. The number of aryl methyl sites for hydroxylation is 3. The van der Waals surface area contributed by atoms with Crippen molar-refractivity contribution in [3.8, 4) is 5.69 Å². The number of hydrogen-bond donors (Lipinski definition) is 1. The number of aliphatic carboxylic acids is 1. The average molecular weight is 379 g/mol. The van der Waals surface area contributed by atoms with Crippen molar-refractivity contribution in [2.45, 2.75) is 46.3 Å². The first-order valence-corrected chi connectivity index (χ1v) is 9.61. The number of benzene rings is 1. The van der Waals surface area contributed by atoms with Crippen LogP contribution in [0.4, 0.5) is 0 Å². The number of para-hydroxylation sites is 1. The normalized spacial score (nSPS) is 14.2. The van der Waals surface area contributed by atoms with Gasteiger partial charge in [-0.1, -0.05) is 18.2 Å². The first kappa shape index (κ1) is 18.4. The first-order valence-electron chi connectivity index (χ1n) is 9.61.